The number of rotatable bonds is 2. The van der Waals surface area contributed by atoms with Crippen LogP contribution < -0.4 is 5.56 Å². The maximum absolute atomic E-state index is 11.6. The summed E-state index contributed by atoms with van der Waals surface area (Å²) in [6, 6.07) is 1.50. The van der Waals surface area contributed by atoms with Crippen LogP contribution in [0.2, 0.25) is 0 Å². The third-order valence-corrected chi connectivity index (χ3v) is 3.69. The number of nitrogens with zero attached hydrogens (tertiary/aromatic N) is 2. The molecule has 0 aliphatic heterocycles. The van der Waals surface area contributed by atoms with Crippen LogP contribution in [0.5, 0.6) is 0 Å². The number of aromatic amines is 1. The molecule has 2 rings (SSSR count). The number of nitrogens with one attached hydrogen (secondary N) is 1. The van der Waals surface area contributed by atoms with Gasteiger partial charge in [0.05, 0.1) is 5.69 Å². The number of fused-ring (bicyclic) bond motifs is 1. The Labute approximate surface area is 110 Å². The van der Waals surface area contributed by atoms with Crippen molar-refractivity contribution in [3.8, 4) is 0 Å². The van der Waals surface area contributed by atoms with Crippen LogP contribution in [0.3, 0.4) is 0 Å². The van der Waals surface area contributed by atoms with Gasteiger partial charge in [0.25, 0.3) is 0 Å². The number of aryl methyl sites for hydroxylation is 1. The highest BCUT2D eigenvalue weighted by molar-refractivity contribution is 7.90. The van der Waals surface area contributed by atoms with Crippen LogP contribution in [-0.4, -0.2) is 29.6 Å². The Morgan fingerprint density at radius 2 is 1.89 bits per heavy atom. The molecule has 0 saturated heterocycles. The first-order chi connectivity index (χ1) is 8.70. The van der Waals surface area contributed by atoms with Crippen molar-refractivity contribution in [2.24, 2.45) is 0 Å². The van der Waals surface area contributed by atoms with Crippen LogP contribution >= 0.6 is 0 Å². The lowest BCUT2D eigenvalue weighted by molar-refractivity contribution is 0.593. The standard InChI is InChI=1S/C12H15N3O3S/c1-6(2)8-5-9(16)14-11-10(8)7(3)13-12(15-11)19(4,17)18/h5-6H,1-4H3,(H,13,14,15,16). The Morgan fingerprint density at radius 3 is 2.42 bits per heavy atom. The van der Waals surface area contributed by atoms with Crippen LogP contribution in [0.25, 0.3) is 11.0 Å². The van der Waals surface area contributed by atoms with E-state index in [1.54, 1.807) is 6.92 Å². The average Bonchev–Trinajstić information content (AvgIpc) is 2.25. The molecule has 2 aromatic rings. The molecule has 0 aliphatic carbocycles. The second-order valence-corrected chi connectivity index (χ2v) is 6.74. The van der Waals surface area contributed by atoms with Crippen molar-refractivity contribution < 1.29 is 8.42 Å². The molecule has 1 N–H and O–H groups in total. The predicted octanol–water partition coefficient (Wildman–Crippen LogP) is 1.15. The van der Waals surface area contributed by atoms with Gasteiger partial charge in [-0.1, -0.05) is 13.8 Å². The lowest BCUT2D eigenvalue weighted by atomic mass is 10.00. The summed E-state index contributed by atoms with van der Waals surface area (Å²) < 4.78 is 23.0. The number of hydrogen-bond donors (Lipinski definition) is 1. The van der Waals surface area contributed by atoms with Gasteiger partial charge in [0.2, 0.25) is 20.6 Å². The van der Waals surface area contributed by atoms with E-state index < -0.39 is 9.84 Å². The molecule has 102 valence electrons. The number of aromatic nitrogens is 3. The number of sulfone groups is 1. The van der Waals surface area contributed by atoms with E-state index in [0.717, 1.165) is 11.8 Å². The molecule has 0 saturated carbocycles. The smallest absolute Gasteiger partial charge is 0.249 e. The number of hydrogen-bond acceptors (Lipinski definition) is 5. The third kappa shape index (κ3) is 2.51. The molecule has 0 aromatic carbocycles. The SMILES string of the molecule is Cc1nc(S(C)(=O)=O)nc2[nH]c(=O)cc(C(C)C)c12. The molecule has 0 fully saturated rings. The van der Waals surface area contributed by atoms with E-state index in [2.05, 4.69) is 15.0 Å². The molecule has 0 unspecified atom stereocenters. The molecule has 0 bridgehead atoms. The summed E-state index contributed by atoms with van der Waals surface area (Å²) in [6.45, 7) is 5.62. The van der Waals surface area contributed by atoms with E-state index >= 15 is 0 Å². The molecule has 2 aromatic heterocycles. The molecule has 6 nitrogen and oxygen atoms in total. The Balaban J connectivity index is 2.95. The van der Waals surface area contributed by atoms with Gasteiger partial charge in [0.15, 0.2) is 0 Å². The molecule has 0 amide bonds. The molecule has 0 aliphatic rings. The quantitative estimate of drug-likeness (QED) is 0.834. The highest BCUT2D eigenvalue weighted by Crippen LogP contribution is 2.24. The fourth-order valence-electron chi connectivity index (χ4n) is 1.97. The van der Waals surface area contributed by atoms with Gasteiger partial charge < -0.3 is 4.98 Å². The van der Waals surface area contributed by atoms with E-state index in [9.17, 15) is 13.2 Å². The highest BCUT2D eigenvalue weighted by atomic mass is 32.2. The van der Waals surface area contributed by atoms with E-state index in [1.807, 2.05) is 13.8 Å². The van der Waals surface area contributed by atoms with Gasteiger partial charge in [-0.05, 0) is 18.4 Å². The summed E-state index contributed by atoms with van der Waals surface area (Å²) in [7, 11) is -3.51. The molecule has 0 spiro atoms. The first kappa shape index (κ1) is 13.7. The minimum atomic E-state index is -3.51. The molecule has 19 heavy (non-hydrogen) atoms. The molecule has 0 atom stereocenters. The number of pyridine rings is 1. The topological polar surface area (TPSA) is 92.8 Å². The zero-order valence-corrected chi connectivity index (χ0v) is 12.0. The van der Waals surface area contributed by atoms with Crippen molar-refractivity contribution in [2.75, 3.05) is 6.26 Å². The van der Waals surface area contributed by atoms with E-state index in [0.29, 0.717) is 11.1 Å². The van der Waals surface area contributed by atoms with Crippen molar-refractivity contribution >= 4 is 20.9 Å². The van der Waals surface area contributed by atoms with Gasteiger partial charge in [0.1, 0.15) is 5.65 Å². The van der Waals surface area contributed by atoms with Crippen LogP contribution in [0.1, 0.15) is 31.0 Å². The van der Waals surface area contributed by atoms with Gasteiger partial charge >= 0.3 is 0 Å². The first-order valence-electron chi connectivity index (χ1n) is 5.81. The monoisotopic (exact) mass is 281 g/mol. The Kier molecular flexibility index (Phi) is 3.17. The van der Waals surface area contributed by atoms with Crippen molar-refractivity contribution in [1.82, 2.24) is 15.0 Å². The van der Waals surface area contributed by atoms with Crippen molar-refractivity contribution in [3.05, 3.63) is 27.7 Å². The fraction of sp³-hybridized carbons (Fsp3) is 0.417. The van der Waals surface area contributed by atoms with Crippen LogP contribution in [0.15, 0.2) is 16.0 Å². The summed E-state index contributed by atoms with van der Waals surface area (Å²) in [5, 5.41) is 0.441. The van der Waals surface area contributed by atoms with Gasteiger partial charge in [-0.2, -0.15) is 0 Å². The lowest BCUT2D eigenvalue weighted by Gasteiger charge is -2.11. The zero-order chi connectivity index (χ0) is 14.4. The lowest BCUT2D eigenvalue weighted by Crippen LogP contribution is -2.13. The molecule has 7 heteroatoms. The molecule has 2 heterocycles. The summed E-state index contributed by atoms with van der Waals surface area (Å²) in [5.74, 6) is 0.121. The highest BCUT2D eigenvalue weighted by Gasteiger charge is 2.17. The van der Waals surface area contributed by atoms with E-state index in [1.165, 1.54) is 6.07 Å². The van der Waals surface area contributed by atoms with Crippen molar-refractivity contribution in [2.45, 2.75) is 31.8 Å². The van der Waals surface area contributed by atoms with Crippen LogP contribution in [0, 0.1) is 6.92 Å². The minimum absolute atomic E-state index is 0.121. The van der Waals surface area contributed by atoms with Gasteiger partial charge in [-0.25, -0.2) is 18.4 Å². The minimum Gasteiger partial charge on any atom is -0.306 e. The molecular weight excluding hydrogens is 266 g/mol. The van der Waals surface area contributed by atoms with Gasteiger partial charge in [0, 0.05) is 17.7 Å². The van der Waals surface area contributed by atoms with E-state index in [4.69, 9.17) is 0 Å². The van der Waals surface area contributed by atoms with Crippen LogP contribution in [0.4, 0.5) is 0 Å². The number of H-pyrrole nitrogens is 1. The third-order valence-electron chi connectivity index (χ3n) is 2.84. The van der Waals surface area contributed by atoms with E-state index in [-0.39, 0.29) is 22.3 Å². The maximum Gasteiger partial charge on any atom is 0.249 e. The fourth-order valence-corrected chi connectivity index (χ4v) is 2.53. The second kappa shape index (κ2) is 4.41. The average molecular weight is 281 g/mol. The second-order valence-electron chi connectivity index (χ2n) is 4.83. The molecule has 0 radical (unpaired) electrons. The first-order valence-corrected chi connectivity index (χ1v) is 7.71. The van der Waals surface area contributed by atoms with Crippen molar-refractivity contribution in [1.29, 1.82) is 0 Å². The Morgan fingerprint density at radius 1 is 1.26 bits per heavy atom. The molecular formula is C12H15N3O3S. The summed E-state index contributed by atoms with van der Waals surface area (Å²) in [5.41, 5.74) is 1.33. The normalized spacial score (nSPS) is 12.3. The maximum atomic E-state index is 11.6. The van der Waals surface area contributed by atoms with Crippen molar-refractivity contribution in [3.63, 3.8) is 0 Å². The summed E-state index contributed by atoms with van der Waals surface area (Å²) >= 11 is 0. The Hall–Kier alpha value is -1.76. The Bertz CT molecular complexity index is 807. The van der Waals surface area contributed by atoms with Crippen LogP contribution in [-0.2, 0) is 9.84 Å². The zero-order valence-electron chi connectivity index (χ0n) is 11.2. The summed E-state index contributed by atoms with van der Waals surface area (Å²) in [6.07, 6.45) is 1.04. The summed E-state index contributed by atoms with van der Waals surface area (Å²) in [4.78, 5) is 22.2. The van der Waals surface area contributed by atoms with Gasteiger partial charge in [-0.15, -0.1) is 0 Å². The largest absolute Gasteiger partial charge is 0.306 e. The van der Waals surface area contributed by atoms with Gasteiger partial charge in [-0.3, -0.25) is 4.79 Å². The predicted molar refractivity (Wildman–Crippen MR) is 72.1 cm³/mol.